The van der Waals surface area contributed by atoms with Crippen molar-refractivity contribution in [2.75, 3.05) is 47.8 Å². The van der Waals surface area contributed by atoms with E-state index in [0.717, 1.165) is 47.9 Å². The zero-order chi connectivity index (χ0) is 30.5. The number of anilines is 4. The van der Waals surface area contributed by atoms with E-state index in [4.69, 9.17) is 9.72 Å². The van der Waals surface area contributed by atoms with Gasteiger partial charge in [-0.3, -0.25) is 14.2 Å². The lowest BCUT2D eigenvalue weighted by atomic mass is 10.1. The van der Waals surface area contributed by atoms with Crippen LogP contribution in [-0.2, 0) is 9.53 Å². The molecule has 2 amide bonds. The molecule has 6 rings (SSSR count). The van der Waals surface area contributed by atoms with Gasteiger partial charge in [-0.25, -0.2) is 14.8 Å². The Balaban J connectivity index is 1.23. The number of hydrogen-bond acceptors (Lipinski definition) is 9. The molecule has 0 spiro atoms. The first-order valence-corrected chi connectivity index (χ1v) is 15.2. The number of rotatable bonds is 5. The third-order valence-electron chi connectivity index (χ3n) is 8.58. The molecule has 228 valence electrons. The molecule has 0 atom stereocenters. The number of β-lactam (4-membered cyclic amide) rings is 1. The highest BCUT2D eigenvalue weighted by Gasteiger charge is 2.33. The van der Waals surface area contributed by atoms with Crippen molar-refractivity contribution in [2.24, 2.45) is 0 Å². The van der Waals surface area contributed by atoms with Crippen molar-refractivity contribution in [3.8, 4) is 0 Å². The van der Waals surface area contributed by atoms with Crippen molar-refractivity contribution in [3.63, 3.8) is 0 Å². The van der Waals surface area contributed by atoms with Crippen molar-refractivity contribution in [2.45, 2.75) is 78.4 Å². The molecule has 0 radical (unpaired) electrons. The number of hydrogen-bond donors (Lipinski definition) is 1. The smallest absolute Gasteiger partial charge is 0.410 e. The number of piperazine rings is 1. The molecule has 3 aromatic rings. The van der Waals surface area contributed by atoms with Gasteiger partial charge >= 0.3 is 6.09 Å². The van der Waals surface area contributed by atoms with Crippen LogP contribution in [0.2, 0.25) is 0 Å². The Kier molecular flexibility index (Phi) is 7.47. The molecule has 5 heterocycles. The monoisotopic (exact) mass is 588 g/mol. The van der Waals surface area contributed by atoms with Crippen LogP contribution in [0.15, 0.2) is 23.3 Å². The van der Waals surface area contributed by atoms with E-state index in [1.165, 1.54) is 0 Å². The number of ether oxygens (including phenoxy) is 1. The number of carbonyl (C=O) groups is 2. The maximum absolute atomic E-state index is 13.8. The zero-order valence-corrected chi connectivity index (χ0v) is 25.6. The van der Waals surface area contributed by atoms with E-state index in [0.29, 0.717) is 62.2 Å². The third kappa shape index (κ3) is 5.62. The van der Waals surface area contributed by atoms with E-state index in [9.17, 15) is 14.4 Å². The Morgan fingerprint density at radius 2 is 1.72 bits per heavy atom. The van der Waals surface area contributed by atoms with E-state index in [-0.39, 0.29) is 23.6 Å². The number of pyridine rings is 2. The summed E-state index contributed by atoms with van der Waals surface area (Å²) >= 11 is 0. The van der Waals surface area contributed by atoms with E-state index in [1.807, 2.05) is 46.9 Å². The van der Waals surface area contributed by atoms with Gasteiger partial charge in [0.15, 0.2) is 0 Å². The highest BCUT2D eigenvalue weighted by molar-refractivity contribution is 6.01. The summed E-state index contributed by atoms with van der Waals surface area (Å²) in [6, 6.07) is 2.00. The van der Waals surface area contributed by atoms with Gasteiger partial charge < -0.3 is 24.8 Å². The van der Waals surface area contributed by atoms with Crippen molar-refractivity contribution >= 4 is 46.2 Å². The number of aryl methyl sites for hydroxylation is 2. The molecule has 3 aromatic heterocycles. The quantitative estimate of drug-likeness (QED) is 0.430. The van der Waals surface area contributed by atoms with Crippen LogP contribution in [-0.4, -0.2) is 74.7 Å². The van der Waals surface area contributed by atoms with Gasteiger partial charge in [-0.05, 0) is 64.7 Å². The first-order chi connectivity index (χ1) is 20.5. The molecular weight excluding hydrogens is 548 g/mol. The number of nitrogens with zero attached hydrogens (tertiary/aromatic N) is 7. The summed E-state index contributed by atoms with van der Waals surface area (Å²) in [5.74, 6) is 0.935. The Labute approximate surface area is 251 Å². The molecule has 1 aliphatic carbocycles. The van der Waals surface area contributed by atoms with Crippen LogP contribution < -0.4 is 20.7 Å². The topological polar surface area (TPSA) is 126 Å². The summed E-state index contributed by atoms with van der Waals surface area (Å²) in [4.78, 5) is 58.2. The molecule has 0 bridgehead atoms. The largest absolute Gasteiger partial charge is 0.444 e. The van der Waals surface area contributed by atoms with Gasteiger partial charge in [-0.2, -0.15) is 4.98 Å². The summed E-state index contributed by atoms with van der Waals surface area (Å²) in [6.07, 6.45) is 7.70. The maximum atomic E-state index is 13.8. The normalized spacial score (nSPS) is 17.9. The fourth-order valence-corrected chi connectivity index (χ4v) is 6.27. The van der Waals surface area contributed by atoms with Gasteiger partial charge in [0, 0.05) is 56.8 Å². The fraction of sp³-hybridized carbons (Fsp3) is 0.548. The summed E-state index contributed by atoms with van der Waals surface area (Å²) in [5.41, 5.74) is 3.15. The predicted octanol–water partition coefficient (Wildman–Crippen LogP) is 4.46. The van der Waals surface area contributed by atoms with Crippen molar-refractivity contribution in [1.82, 2.24) is 24.4 Å². The van der Waals surface area contributed by atoms with E-state index < -0.39 is 5.60 Å². The van der Waals surface area contributed by atoms with Crippen LogP contribution in [0.1, 0.15) is 70.0 Å². The van der Waals surface area contributed by atoms with Crippen molar-refractivity contribution in [1.29, 1.82) is 0 Å². The Morgan fingerprint density at radius 3 is 2.33 bits per heavy atom. The molecule has 43 heavy (non-hydrogen) atoms. The minimum absolute atomic E-state index is 0.0217. The third-order valence-corrected chi connectivity index (χ3v) is 8.58. The number of fused-ring (bicyclic) bond motifs is 1. The molecule has 3 fully saturated rings. The number of aromatic nitrogens is 4. The lowest BCUT2D eigenvalue weighted by Gasteiger charge is -2.37. The van der Waals surface area contributed by atoms with E-state index in [2.05, 4.69) is 20.2 Å². The van der Waals surface area contributed by atoms with Gasteiger partial charge in [0.05, 0.1) is 11.9 Å². The molecule has 0 aromatic carbocycles. The number of amides is 2. The Hall–Kier alpha value is -4.22. The van der Waals surface area contributed by atoms with Gasteiger partial charge in [-0.1, -0.05) is 12.8 Å². The molecule has 12 nitrogen and oxygen atoms in total. The van der Waals surface area contributed by atoms with Crippen LogP contribution in [0.4, 0.5) is 27.9 Å². The molecular formula is C31H40N8O4. The highest BCUT2D eigenvalue weighted by atomic mass is 16.6. The molecule has 3 aliphatic rings. The first kappa shape index (κ1) is 28.9. The minimum Gasteiger partial charge on any atom is -0.444 e. The number of nitrogens with one attached hydrogen (secondary N) is 1. The second-order valence-electron chi connectivity index (χ2n) is 12.7. The molecule has 2 saturated heterocycles. The van der Waals surface area contributed by atoms with E-state index >= 15 is 0 Å². The summed E-state index contributed by atoms with van der Waals surface area (Å²) in [7, 11) is 0. The molecule has 1 N–H and O–H groups in total. The Bertz CT molecular complexity index is 1630. The van der Waals surface area contributed by atoms with Crippen molar-refractivity contribution in [3.05, 3.63) is 39.9 Å². The van der Waals surface area contributed by atoms with Crippen LogP contribution in [0.3, 0.4) is 0 Å². The lowest BCUT2D eigenvalue weighted by Crippen LogP contribution is -2.50. The van der Waals surface area contributed by atoms with Crippen LogP contribution in [0.25, 0.3) is 11.0 Å². The second kappa shape index (κ2) is 11.1. The second-order valence-corrected chi connectivity index (χ2v) is 12.7. The van der Waals surface area contributed by atoms with Gasteiger partial charge in [-0.15, -0.1) is 0 Å². The highest BCUT2D eigenvalue weighted by Crippen LogP contribution is 2.35. The number of carbonyl (C=O) groups excluding carboxylic acids is 2. The van der Waals surface area contributed by atoms with Crippen molar-refractivity contribution < 1.29 is 14.3 Å². The SMILES string of the molecule is Cc1cc(Nc2ncc3c(C)c(N4CCC4=O)c(=O)n(C4CCCC4)c3n2)ncc1N1CCN(C(=O)OC(C)(C)C)CC1. The average Bonchev–Trinajstić information content (AvgIpc) is 3.48. The fourth-order valence-electron chi connectivity index (χ4n) is 6.27. The van der Waals surface area contributed by atoms with Gasteiger partial charge in [0.2, 0.25) is 11.9 Å². The van der Waals surface area contributed by atoms with Gasteiger partial charge in [0.1, 0.15) is 22.8 Å². The average molecular weight is 589 g/mol. The summed E-state index contributed by atoms with van der Waals surface area (Å²) in [5, 5.41) is 4.01. The maximum Gasteiger partial charge on any atom is 0.410 e. The zero-order valence-electron chi connectivity index (χ0n) is 25.6. The lowest BCUT2D eigenvalue weighted by molar-refractivity contribution is -0.122. The standard InChI is InChI=1S/C31H40N8O4/c1-19-16-24(32-18-23(19)36-12-14-37(15-13-36)30(42)43-31(3,4)5)34-29-33-17-22-20(2)26(38-11-10-25(38)40)28(41)39(27(22)35-29)21-8-6-7-9-21/h16-18,21H,6-15H2,1-5H3,(H,32,33,34,35). The van der Waals surface area contributed by atoms with Crippen LogP contribution in [0, 0.1) is 13.8 Å². The van der Waals surface area contributed by atoms with Gasteiger partial charge in [0.25, 0.3) is 5.56 Å². The molecule has 12 heteroatoms. The first-order valence-electron chi connectivity index (χ1n) is 15.2. The Morgan fingerprint density at radius 1 is 1.00 bits per heavy atom. The molecule has 2 aliphatic heterocycles. The molecule has 1 saturated carbocycles. The van der Waals surface area contributed by atoms with E-state index in [1.54, 1.807) is 20.6 Å². The molecule has 0 unspecified atom stereocenters. The summed E-state index contributed by atoms with van der Waals surface area (Å²) in [6.45, 7) is 12.6. The predicted molar refractivity (Wildman–Crippen MR) is 165 cm³/mol. The van der Waals surface area contributed by atoms with Crippen LogP contribution >= 0.6 is 0 Å². The summed E-state index contributed by atoms with van der Waals surface area (Å²) < 4.78 is 7.31. The minimum atomic E-state index is -0.517. The van der Waals surface area contributed by atoms with Crippen LogP contribution in [0.5, 0.6) is 0 Å².